The molecule has 0 heterocycles. The van der Waals surface area contributed by atoms with Crippen molar-refractivity contribution >= 4 is 11.4 Å². The monoisotopic (exact) mass is 216 g/mol. The minimum Gasteiger partial charge on any atom is -0.398 e. The number of aryl methyl sites for hydroxylation is 1. The standard InChI is InChI=1S/C14H20N2/c1-10-2-5-12(8-13(10)15)16-9-14(6-7-14)11-3-4-11/h2,5,8,11,16H,3-4,6-7,9,15H2,1H3. The average Bonchev–Trinajstić information content (AvgIpc) is 3.13. The van der Waals surface area contributed by atoms with E-state index in [0.717, 1.165) is 23.7 Å². The van der Waals surface area contributed by atoms with Gasteiger partial charge in [0.2, 0.25) is 0 Å². The quantitative estimate of drug-likeness (QED) is 0.759. The van der Waals surface area contributed by atoms with Crippen molar-refractivity contribution in [3.05, 3.63) is 23.8 Å². The van der Waals surface area contributed by atoms with Crippen LogP contribution in [0, 0.1) is 18.3 Å². The maximum absolute atomic E-state index is 5.91. The minimum atomic E-state index is 0.652. The number of hydrogen-bond donors (Lipinski definition) is 2. The minimum absolute atomic E-state index is 0.652. The van der Waals surface area contributed by atoms with E-state index < -0.39 is 0 Å². The summed E-state index contributed by atoms with van der Waals surface area (Å²) in [4.78, 5) is 0. The van der Waals surface area contributed by atoms with Gasteiger partial charge in [0.15, 0.2) is 0 Å². The lowest BCUT2D eigenvalue weighted by Crippen LogP contribution is -2.17. The summed E-state index contributed by atoms with van der Waals surface area (Å²) >= 11 is 0. The van der Waals surface area contributed by atoms with E-state index in [4.69, 9.17) is 5.73 Å². The van der Waals surface area contributed by atoms with Crippen LogP contribution in [0.1, 0.15) is 31.2 Å². The zero-order chi connectivity index (χ0) is 11.2. The third-order valence-corrected chi connectivity index (χ3v) is 4.26. The summed E-state index contributed by atoms with van der Waals surface area (Å²) in [5.74, 6) is 1.02. The molecule has 2 heteroatoms. The second-order valence-corrected chi connectivity index (χ2v) is 5.56. The van der Waals surface area contributed by atoms with Crippen molar-refractivity contribution < 1.29 is 0 Å². The Morgan fingerprint density at radius 2 is 2.12 bits per heavy atom. The Morgan fingerprint density at radius 3 is 2.69 bits per heavy atom. The van der Waals surface area contributed by atoms with Crippen LogP contribution in [-0.4, -0.2) is 6.54 Å². The number of anilines is 2. The van der Waals surface area contributed by atoms with Crippen molar-refractivity contribution in [3.63, 3.8) is 0 Å². The molecule has 2 aliphatic rings. The number of nitrogen functional groups attached to an aromatic ring is 1. The molecule has 0 amide bonds. The van der Waals surface area contributed by atoms with Crippen LogP contribution in [0.15, 0.2) is 18.2 Å². The van der Waals surface area contributed by atoms with Crippen molar-refractivity contribution in [1.82, 2.24) is 0 Å². The molecule has 0 bridgehead atoms. The van der Waals surface area contributed by atoms with Crippen molar-refractivity contribution in [2.24, 2.45) is 11.3 Å². The summed E-state index contributed by atoms with van der Waals surface area (Å²) in [7, 11) is 0. The van der Waals surface area contributed by atoms with Crippen LogP contribution in [-0.2, 0) is 0 Å². The molecule has 0 radical (unpaired) electrons. The average molecular weight is 216 g/mol. The van der Waals surface area contributed by atoms with Gasteiger partial charge in [-0.25, -0.2) is 0 Å². The molecule has 16 heavy (non-hydrogen) atoms. The summed E-state index contributed by atoms with van der Waals surface area (Å²) in [6.45, 7) is 3.19. The maximum Gasteiger partial charge on any atom is 0.0364 e. The van der Waals surface area contributed by atoms with E-state index in [9.17, 15) is 0 Å². The predicted octanol–water partition coefficient (Wildman–Crippen LogP) is 3.18. The summed E-state index contributed by atoms with van der Waals surface area (Å²) < 4.78 is 0. The molecule has 3 rings (SSSR count). The first kappa shape index (κ1) is 10.0. The Balaban J connectivity index is 1.63. The van der Waals surface area contributed by atoms with Gasteiger partial charge in [-0.2, -0.15) is 0 Å². The zero-order valence-electron chi connectivity index (χ0n) is 9.92. The molecular weight excluding hydrogens is 196 g/mol. The van der Waals surface area contributed by atoms with Crippen molar-refractivity contribution in [2.45, 2.75) is 32.6 Å². The van der Waals surface area contributed by atoms with Crippen LogP contribution in [0.2, 0.25) is 0 Å². The van der Waals surface area contributed by atoms with Crippen molar-refractivity contribution in [3.8, 4) is 0 Å². The molecule has 2 fully saturated rings. The first-order chi connectivity index (χ1) is 7.70. The van der Waals surface area contributed by atoms with Gasteiger partial charge >= 0.3 is 0 Å². The smallest absolute Gasteiger partial charge is 0.0364 e. The molecular formula is C14H20N2. The van der Waals surface area contributed by atoms with Gasteiger partial charge in [0.05, 0.1) is 0 Å². The number of benzene rings is 1. The lowest BCUT2D eigenvalue weighted by atomic mass is 10.0. The van der Waals surface area contributed by atoms with Gasteiger partial charge in [-0.3, -0.25) is 0 Å². The lowest BCUT2D eigenvalue weighted by molar-refractivity contribution is 0.467. The van der Waals surface area contributed by atoms with Crippen LogP contribution in [0.5, 0.6) is 0 Å². The molecule has 2 saturated carbocycles. The highest BCUT2D eigenvalue weighted by Gasteiger charge is 2.53. The van der Waals surface area contributed by atoms with E-state index in [-0.39, 0.29) is 0 Å². The van der Waals surface area contributed by atoms with E-state index in [1.807, 2.05) is 6.92 Å². The molecule has 0 atom stereocenters. The molecule has 86 valence electrons. The van der Waals surface area contributed by atoms with Crippen LogP contribution < -0.4 is 11.1 Å². The Hall–Kier alpha value is -1.18. The van der Waals surface area contributed by atoms with Crippen LogP contribution in [0.25, 0.3) is 0 Å². The van der Waals surface area contributed by atoms with Crippen LogP contribution in [0.3, 0.4) is 0 Å². The first-order valence-electron chi connectivity index (χ1n) is 6.30. The van der Waals surface area contributed by atoms with E-state index in [0.29, 0.717) is 5.41 Å². The highest BCUT2D eigenvalue weighted by molar-refractivity contribution is 5.58. The predicted molar refractivity (Wildman–Crippen MR) is 68.5 cm³/mol. The summed E-state index contributed by atoms with van der Waals surface area (Å²) in [5, 5.41) is 3.56. The SMILES string of the molecule is Cc1ccc(NCC2(C3CC3)CC2)cc1N. The lowest BCUT2D eigenvalue weighted by Gasteiger charge is -2.16. The molecule has 0 aliphatic heterocycles. The van der Waals surface area contributed by atoms with E-state index in [2.05, 4.69) is 23.5 Å². The topological polar surface area (TPSA) is 38.0 Å². The normalized spacial score (nSPS) is 21.8. The van der Waals surface area contributed by atoms with Gasteiger partial charge in [-0.05, 0) is 61.6 Å². The summed E-state index contributed by atoms with van der Waals surface area (Å²) in [5.41, 5.74) is 9.79. The highest BCUT2D eigenvalue weighted by atomic mass is 14.9. The van der Waals surface area contributed by atoms with Gasteiger partial charge in [0, 0.05) is 17.9 Å². The number of rotatable bonds is 4. The Morgan fingerprint density at radius 1 is 1.38 bits per heavy atom. The third-order valence-electron chi connectivity index (χ3n) is 4.26. The second kappa shape index (κ2) is 3.41. The molecule has 0 aromatic heterocycles. The molecule has 0 unspecified atom stereocenters. The number of nitrogens with two attached hydrogens (primary N) is 1. The maximum atomic E-state index is 5.91. The first-order valence-corrected chi connectivity index (χ1v) is 6.30. The fourth-order valence-corrected chi connectivity index (χ4v) is 2.61. The van der Waals surface area contributed by atoms with Gasteiger partial charge in [0.1, 0.15) is 0 Å². The molecule has 2 aliphatic carbocycles. The fraction of sp³-hybridized carbons (Fsp3) is 0.571. The van der Waals surface area contributed by atoms with Gasteiger partial charge in [-0.15, -0.1) is 0 Å². The van der Waals surface area contributed by atoms with Crippen molar-refractivity contribution in [2.75, 3.05) is 17.6 Å². The largest absolute Gasteiger partial charge is 0.398 e. The fourth-order valence-electron chi connectivity index (χ4n) is 2.61. The summed E-state index contributed by atoms with van der Waals surface area (Å²) in [6, 6.07) is 6.28. The van der Waals surface area contributed by atoms with Gasteiger partial charge < -0.3 is 11.1 Å². The number of nitrogens with one attached hydrogen (secondary N) is 1. The van der Waals surface area contributed by atoms with Crippen LogP contribution in [0.4, 0.5) is 11.4 Å². The van der Waals surface area contributed by atoms with Gasteiger partial charge in [-0.1, -0.05) is 6.07 Å². The van der Waals surface area contributed by atoms with E-state index in [1.54, 1.807) is 0 Å². The van der Waals surface area contributed by atoms with Crippen LogP contribution >= 0.6 is 0 Å². The molecule has 2 nitrogen and oxygen atoms in total. The van der Waals surface area contributed by atoms with E-state index in [1.165, 1.54) is 31.4 Å². The Kier molecular flexibility index (Phi) is 2.13. The van der Waals surface area contributed by atoms with Gasteiger partial charge in [0.25, 0.3) is 0 Å². The molecule has 0 saturated heterocycles. The summed E-state index contributed by atoms with van der Waals surface area (Å²) in [6.07, 6.45) is 5.76. The van der Waals surface area contributed by atoms with Crippen molar-refractivity contribution in [1.29, 1.82) is 0 Å². The second-order valence-electron chi connectivity index (χ2n) is 5.56. The molecule has 1 aromatic rings. The molecule has 3 N–H and O–H groups in total. The highest BCUT2D eigenvalue weighted by Crippen LogP contribution is 2.61. The van der Waals surface area contributed by atoms with E-state index >= 15 is 0 Å². The number of hydrogen-bond acceptors (Lipinski definition) is 2. The Bertz CT molecular complexity index is 403. The third kappa shape index (κ3) is 1.77. The molecule has 1 aromatic carbocycles. The molecule has 0 spiro atoms. The zero-order valence-corrected chi connectivity index (χ0v) is 9.92. The Labute approximate surface area is 97.2 Å².